The summed E-state index contributed by atoms with van der Waals surface area (Å²) in [4.78, 5) is 11.1. The van der Waals surface area contributed by atoms with Crippen molar-refractivity contribution in [1.29, 1.82) is 0 Å². The van der Waals surface area contributed by atoms with Crippen molar-refractivity contribution in [3.63, 3.8) is 0 Å². The van der Waals surface area contributed by atoms with Gasteiger partial charge in [0.2, 0.25) is 10.0 Å². The Balaban J connectivity index is 2.26. The van der Waals surface area contributed by atoms with E-state index in [4.69, 9.17) is 10.2 Å². The van der Waals surface area contributed by atoms with Crippen LogP contribution < -0.4 is 4.72 Å². The van der Waals surface area contributed by atoms with E-state index in [2.05, 4.69) is 4.72 Å². The Morgan fingerprint density at radius 1 is 1.13 bits per heavy atom. The maximum atomic E-state index is 12.0. The molecule has 0 bridgehead atoms. The molecule has 2 rings (SSSR count). The highest BCUT2D eigenvalue weighted by atomic mass is 32.2. The zero-order valence-electron chi connectivity index (χ0n) is 12.4. The van der Waals surface area contributed by atoms with Gasteiger partial charge >= 0.3 is 5.97 Å². The van der Waals surface area contributed by atoms with Crippen LogP contribution in [0.3, 0.4) is 0 Å². The second kappa shape index (κ2) is 6.91. The standard InChI is InChI=1S/C16H17NO5S/c1-11(18)10-17-23(21,22)15-7-5-12(6-8-15)13-3-2-4-14(9-13)16(19)20/h2-9,11,17-18H,10H2,1H3,(H,19,20). The summed E-state index contributed by atoms with van der Waals surface area (Å²) < 4.78 is 26.4. The van der Waals surface area contributed by atoms with Gasteiger partial charge in [-0.25, -0.2) is 17.9 Å². The zero-order valence-corrected chi connectivity index (χ0v) is 13.2. The molecule has 0 aliphatic heterocycles. The molecule has 0 saturated carbocycles. The summed E-state index contributed by atoms with van der Waals surface area (Å²) in [5, 5.41) is 18.2. The summed E-state index contributed by atoms with van der Waals surface area (Å²) in [7, 11) is -3.68. The van der Waals surface area contributed by atoms with E-state index < -0.39 is 22.1 Å². The van der Waals surface area contributed by atoms with Gasteiger partial charge < -0.3 is 10.2 Å². The lowest BCUT2D eigenvalue weighted by molar-refractivity contribution is 0.0697. The summed E-state index contributed by atoms with van der Waals surface area (Å²) in [5.74, 6) is -1.02. The topological polar surface area (TPSA) is 104 Å². The normalized spacial score (nSPS) is 12.8. The molecule has 0 spiro atoms. The van der Waals surface area contributed by atoms with Crippen LogP contribution in [0.2, 0.25) is 0 Å². The lowest BCUT2D eigenvalue weighted by atomic mass is 10.0. The lowest BCUT2D eigenvalue weighted by Gasteiger charge is -2.09. The molecule has 122 valence electrons. The molecule has 1 unspecified atom stereocenters. The number of hydrogen-bond acceptors (Lipinski definition) is 4. The van der Waals surface area contributed by atoms with Crippen molar-refractivity contribution < 1.29 is 23.4 Å². The molecular weight excluding hydrogens is 318 g/mol. The number of aromatic carboxylic acids is 1. The first-order valence-electron chi connectivity index (χ1n) is 6.91. The number of carboxylic acids is 1. The van der Waals surface area contributed by atoms with Gasteiger partial charge in [0, 0.05) is 6.54 Å². The average molecular weight is 335 g/mol. The van der Waals surface area contributed by atoms with Crippen molar-refractivity contribution in [2.45, 2.75) is 17.9 Å². The van der Waals surface area contributed by atoms with Gasteiger partial charge in [-0.1, -0.05) is 24.3 Å². The van der Waals surface area contributed by atoms with E-state index in [1.807, 2.05) is 0 Å². The number of benzene rings is 2. The summed E-state index contributed by atoms with van der Waals surface area (Å²) in [6, 6.07) is 12.5. The molecule has 0 aromatic heterocycles. The predicted octanol–water partition coefficient (Wildman–Crippen LogP) is 1.71. The molecule has 2 aromatic carbocycles. The Morgan fingerprint density at radius 3 is 2.35 bits per heavy atom. The summed E-state index contributed by atoms with van der Waals surface area (Å²) >= 11 is 0. The molecule has 23 heavy (non-hydrogen) atoms. The van der Waals surface area contributed by atoms with Gasteiger partial charge in [0.1, 0.15) is 0 Å². The van der Waals surface area contributed by atoms with E-state index >= 15 is 0 Å². The van der Waals surface area contributed by atoms with Gasteiger partial charge in [0.25, 0.3) is 0 Å². The first-order chi connectivity index (χ1) is 10.8. The van der Waals surface area contributed by atoms with Gasteiger partial charge in [-0.05, 0) is 42.3 Å². The molecule has 1 atom stereocenters. The number of carboxylic acid groups (broad SMARTS) is 1. The predicted molar refractivity (Wildman–Crippen MR) is 85.7 cm³/mol. The number of rotatable bonds is 6. The first-order valence-corrected chi connectivity index (χ1v) is 8.39. The van der Waals surface area contributed by atoms with E-state index in [0.717, 1.165) is 0 Å². The molecule has 0 saturated heterocycles. The van der Waals surface area contributed by atoms with Crippen molar-refractivity contribution >= 4 is 16.0 Å². The second-order valence-corrected chi connectivity index (χ2v) is 6.88. The number of aliphatic hydroxyl groups is 1. The summed E-state index contributed by atoms with van der Waals surface area (Å²) in [5.41, 5.74) is 1.56. The van der Waals surface area contributed by atoms with Crippen LogP contribution in [0.25, 0.3) is 11.1 Å². The van der Waals surface area contributed by atoms with Crippen LogP contribution >= 0.6 is 0 Å². The van der Waals surface area contributed by atoms with E-state index in [1.165, 1.54) is 31.2 Å². The highest BCUT2D eigenvalue weighted by Crippen LogP contribution is 2.22. The molecule has 7 heteroatoms. The van der Waals surface area contributed by atoms with E-state index in [0.29, 0.717) is 11.1 Å². The van der Waals surface area contributed by atoms with Crippen LogP contribution in [0.15, 0.2) is 53.4 Å². The molecule has 6 nitrogen and oxygen atoms in total. The minimum atomic E-state index is -3.68. The Bertz CT molecular complexity index is 797. The van der Waals surface area contributed by atoms with Crippen LogP contribution in [0.1, 0.15) is 17.3 Å². The van der Waals surface area contributed by atoms with Crippen molar-refractivity contribution in [1.82, 2.24) is 4.72 Å². The quantitative estimate of drug-likeness (QED) is 0.745. The van der Waals surface area contributed by atoms with Crippen molar-refractivity contribution in [3.8, 4) is 11.1 Å². The third-order valence-electron chi connectivity index (χ3n) is 3.18. The highest BCUT2D eigenvalue weighted by Gasteiger charge is 2.14. The van der Waals surface area contributed by atoms with Crippen molar-refractivity contribution in [2.24, 2.45) is 0 Å². The summed E-state index contributed by atoms with van der Waals surface area (Å²) in [6.07, 6.45) is -0.775. The highest BCUT2D eigenvalue weighted by molar-refractivity contribution is 7.89. The molecule has 0 fully saturated rings. The van der Waals surface area contributed by atoms with E-state index in [-0.39, 0.29) is 17.0 Å². The maximum absolute atomic E-state index is 12.0. The molecule has 0 radical (unpaired) electrons. The van der Waals surface area contributed by atoms with Crippen LogP contribution in [0, 0.1) is 0 Å². The van der Waals surface area contributed by atoms with Gasteiger partial charge in [0.05, 0.1) is 16.6 Å². The smallest absolute Gasteiger partial charge is 0.335 e. The molecule has 0 amide bonds. The molecule has 0 aliphatic carbocycles. The fourth-order valence-electron chi connectivity index (χ4n) is 1.97. The Labute approximate surface area is 134 Å². The SMILES string of the molecule is CC(O)CNS(=O)(=O)c1ccc(-c2cccc(C(=O)O)c2)cc1. The monoisotopic (exact) mass is 335 g/mol. The molecule has 2 aromatic rings. The van der Waals surface area contributed by atoms with Gasteiger partial charge in [-0.3, -0.25) is 0 Å². The fourth-order valence-corrected chi connectivity index (χ4v) is 3.09. The molecule has 3 N–H and O–H groups in total. The third-order valence-corrected chi connectivity index (χ3v) is 4.62. The Morgan fingerprint density at radius 2 is 1.78 bits per heavy atom. The summed E-state index contributed by atoms with van der Waals surface area (Å²) in [6.45, 7) is 1.42. The largest absolute Gasteiger partial charge is 0.478 e. The number of carbonyl (C=O) groups is 1. The van der Waals surface area contributed by atoms with Crippen molar-refractivity contribution in [3.05, 3.63) is 54.1 Å². The third kappa shape index (κ3) is 4.38. The number of nitrogens with one attached hydrogen (secondary N) is 1. The fraction of sp³-hybridized carbons (Fsp3) is 0.188. The second-order valence-electron chi connectivity index (χ2n) is 5.11. The number of hydrogen-bond donors (Lipinski definition) is 3. The first kappa shape index (κ1) is 17.1. The minimum absolute atomic E-state index is 0.0647. The van der Waals surface area contributed by atoms with Crippen molar-refractivity contribution in [2.75, 3.05) is 6.54 Å². The van der Waals surface area contributed by atoms with Crippen LogP contribution in [-0.4, -0.2) is 37.2 Å². The van der Waals surface area contributed by atoms with Gasteiger partial charge in [-0.2, -0.15) is 0 Å². The molecule has 0 heterocycles. The molecule has 0 aliphatic rings. The van der Waals surface area contributed by atoms with Gasteiger partial charge in [0.15, 0.2) is 0 Å². The Hall–Kier alpha value is -2.22. The van der Waals surface area contributed by atoms with Gasteiger partial charge in [-0.15, -0.1) is 0 Å². The van der Waals surface area contributed by atoms with Crippen LogP contribution in [0.4, 0.5) is 0 Å². The van der Waals surface area contributed by atoms with E-state index in [1.54, 1.807) is 24.3 Å². The Kier molecular flexibility index (Phi) is 5.15. The maximum Gasteiger partial charge on any atom is 0.335 e. The zero-order chi connectivity index (χ0) is 17.0. The average Bonchev–Trinajstić information content (AvgIpc) is 2.53. The minimum Gasteiger partial charge on any atom is -0.478 e. The van der Waals surface area contributed by atoms with Crippen LogP contribution in [0.5, 0.6) is 0 Å². The van der Waals surface area contributed by atoms with E-state index in [9.17, 15) is 13.2 Å². The lowest BCUT2D eigenvalue weighted by Crippen LogP contribution is -2.30. The number of aliphatic hydroxyl groups excluding tert-OH is 1. The van der Waals surface area contributed by atoms with Crippen LogP contribution in [-0.2, 0) is 10.0 Å². The molecular formula is C16H17NO5S. The number of sulfonamides is 1.